The molecule has 0 spiro atoms. The van der Waals surface area contributed by atoms with Gasteiger partial charge >= 0.3 is 0 Å². The first-order valence-electron chi connectivity index (χ1n) is 27.9. The van der Waals surface area contributed by atoms with E-state index in [0.717, 1.165) is 92.6 Å². The molecule has 80 heavy (non-hydrogen) atoms. The van der Waals surface area contributed by atoms with Crippen LogP contribution in [0.3, 0.4) is 0 Å². The quantitative estimate of drug-likeness (QED) is 0.0252. The number of unbranched alkanes of at least 4 members (excludes halogenated alkanes) is 7. The van der Waals surface area contributed by atoms with E-state index in [1.54, 1.807) is 29.5 Å². The Morgan fingerprint density at radius 3 is 2.41 bits per heavy atom. The van der Waals surface area contributed by atoms with Crippen molar-refractivity contribution in [2.45, 2.75) is 149 Å². The van der Waals surface area contributed by atoms with E-state index in [-0.39, 0.29) is 54.8 Å². The highest BCUT2D eigenvalue weighted by atomic mass is 35.5. The number of fused-ring (bicyclic) bond motifs is 1. The number of hydrogen-bond acceptors (Lipinski definition) is 14. The summed E-state index contributed by atoms with van der Waals surface area (Å²) in [5.41, 5.74) is 6.23. The van der Waals surface area contributed by atoms with Crippen LogP contribution in [0.2, 0.25) is 5.02 Å². The van der Waals surface area contributed by atoms with Gasteiger partial charge in [-0.15, -0.1) is 16.4 Å². The van der Waals surface area contributed by atoms with Crippen LogP contribution in [0.4, 0.5) is 21.6 Å². The summed E-state index contributed by atoms with van der Waals surface area (Å²) in [6.45, 7) is 11.5. The summed E-state index contributed by atoms with van der Waals surface area (Å²) < 4.78 is 22.0. The number of rotatable bonds is 26. The number of likely N-dealkylation sites (tertiary alicyclic amines) is 2. The number of nitrogens with zero attached hydrogens (tertiary/aromatic N) is 8. The van der Waals surface area contributed by atoms with Crippen molar-refractivity contribution >= 4 is 74.7 Å². The van der Waals surface area contributed by atoms with Gasteiger partial charge in [-0.05, 0) is 86.5 Å². The number of β-amino-alcohol motifs (C(OH)–C–C–N with tert-alkyl or cyclic N) is 1. The summed E-state index contributed by atoms with van der Waals surface area (Å²) in [6.07, 6.45) is 17.5. The largest absolute Gasteiger partial charge is 0.485 e. The van der Waals surface area contributed by atoms with Crippen molar-refractivity contribution in [3.8, 4) is 16.2 Å². The Kier molecular flexibility index (Phi) is 21.1. The number of carbonyl (C=O) groups excluding carboxylic acids is 4. The maximum absolute atomic E-state index is 14.1. The lowest BCUT2D eigenvalue weighted by Crippen LogP contribution is -2.57. The first kappa shape index (κ1) is 59.3. The molecule has 2 fully saturated rings. The fourth-order valence-electron chi connectivity index (χ4n) is 10.0. The monoisotopic (exact) mass is 1130 g/mol. The number of piperidine rings is 1. The molecule has 0 saturated carbocycles. The molecule has 3 aromatic carbocycles. The minimum atomic E-state index is -0.867. The molecule has 3 aromatic heterocycles. The molecule has 6 aromatic rings. The van der Waals surface area contributed by atoms with Gasteiger partial charge < -0.3 is 36.0 Å². The number of aliphatic hydroxyl groups excluding tert-OH is 1. The fraction of sp³-hybridized carbons (Fsp3) is 0.475. The molecule has 8 rings (SSSR count). The molecule has 18 nitrogen and oxygen atoms in total. The molecule has 426 valence electrons. The number of benzene rings is 3. The lowest BCUT2D eigenvalue weighted by molar-refractivity contribution is -0.144. The summed E-state index contributed by atoms with van der Waals surface area (Å²) in [5, 5.41) is 32.0. The average Bonchev–Trinajstić information content (AvgIpc) is 4.23. The number of nitrogens with one attached hydrogen (secondary N) is 4. The SMILES string of the molecule is Cc1ncsc1-c1ccc(CNC(=O)[C@@H]2C[C@@H](O)CN2C(=O)[C@@H](NC(=O)CCCCCCCCCCn2cc(COc3cc4ncnc(Nc5ccc(F)c(Cl)c5)c4cc3NC(=O)/C=C/CN3CCCCC3)nn2)C(C)(C)C)cc1. The van der Waals surface area contributed by atoms with E-state index >= 15 is 0 Å². The number of amides is 4. The minimum Gasteiger partial charge on any atom is -0.485 e. The highest BCUT2D eigenvalue weighted by Gasteiger charge is 2.44. The van der Waals surface area contributed by atoms with E-state index in [4.69, 9.17) is 16.3 Å². The van der Waals surface area contributed by atoms with Gasteiger partial charge in [0.1, 0.15) is 48.1 Å². The highest BCUT2D eigenvalue weighted by molar-refractivity contribution is 7.13. The molecule has 2 saturated heterocycles. The summed E-state index contributed by atoms with van der Waals surface area (Å²) in [4.78, 5) is 72.2. The van der Waals surface area contributed by atoms with Crippen LogP contribution >= 0.6 is 22.9 Å². The number of ether oxygens (including phenoxy) is 1. The summed E-state index contributed by atoms with van der Waals surface area (Å²) in [5.74, 6) is -0.949. The van der Waals surface area contributed by atoms with Crippen LogP contribution < -0.4 is 26.0 Å². The molecule has 0 unspecified atom stereocenters. The Hall–Kier alpha value is -6.87. The van der Waals surface area contributed by atoms with Gasteiger partial charge in [0.05, 0.1) is 44.6 Å². The normalized spacial score (nSPS) is 16.3. The van der Waals surface area contributed by atoms with Gasteiger partial charge in [-0.25, -0.2) is 19.3 Å². The third-order valence-electron chi connectivity index (χ3n) is 14.5. The second-order valence-electron chi connectivity index (χ2n) is 21.9. The first-order valence-corrected chi connectivity index (χ1v) is 29.1. The van der Waals surface area contributed by atoms with Crippen LogP contribution in [0.15, 0.2) is 84.8 Å². The molecule has 5 N–H and O–H groups in total. The number of aromatic nitrogens is 6. The lowest BCUT2D eigenvalue weighted by atomic mass is 9.85. The molecule has 0 radical (unpaired) electrons. The topological polar surface area (TPSA) is 222 Å². The number of anilines is 3. The second kappa shape index (κ2) is 28.5. The van der Waals surface area contributed by atoms with E-state index in [9.17, 15) is 28.7 Å². The highest BCUT2D eigenvalue weighted by Crippen LogP contribution is 2.35. The number of thiazole rings is 1. The maximum Gasteiger partial charge on any atom is 0.248 e. The Labute approximate surface area is 476 Å². The number of aryl methyl sites for hydroxylation is 2. The van der Waals surface area contributed by atoms with Crippen molar-refractivity contribution in [1.29, 1.82) is 0 Å². The Bertz CT molecular complexity index is 3090. The zero-order chi connectivity index (χ0) is 56.6. The van der Waals surface area contributed by atoms with Crippen LogP contribution in [0.5, 0.6) is 5.75 Å². The molecule has 2 aliphatic rings. The van der Waals surface area contributed by atoms with Gasteiger partial charge in [0.15, 0.2) is 0 Å². The van der Waals surface area contributed by atoms with Crippen molar-refractivity contribution in [2.75, 3.05) is 36.8 Å². The van der Waals surface area contributed by atoms with E-state index in [2.05, 4.69) is 51.4 Å². The molecule has 0 bridgehead atoms. The van der Waals surface area contributed by atoms with Gasteiger partial charge in [-0.2, -0.15) is 0 Å². The summed E-state index contributed by atoms with van der Waals surface area (Å²) in [6, 6.07) is 14.0. The van der Waals surface area contributed by atoms with Crippen LogP contribution in [0, 0.1) is 18.2 Å². The van der Waals surface area contributed by atoms with Crippen molar-refractivity contribution in [3.05, 3.63) is 113 Å². The molecule has 0 aliphatic carbocycles. The standard InChI is InChI=1S/C59H74ClFN12O6S/c1-39-54(80-38-65-39)41-21-19-40(20-22-41)33-62-57(77)50-30-44(74)35-73(50)58(78)55(59(2,3)4)68-53(76)17-12-9-7-5-6-8-10-15-28-72-34-43(69-70-72)36-79-51-32-48-45(56(64-37-63-48)66-42-23-24-47(61)46(60)29-42)31-49(51)67-52(75)18-16-27-71-25-13-11-14-26-71/h16,18-24,29,31-32,34,37-38,44,50,55,74H,5-15,17,25-28,30,33,35-36H2,1-4H3,(H,62,77)(H,67,75)(H,68,76)(H,63,64,66)/b18-16+/t44-,50+,55-/m1/s1. The Balaban J connectivity index is 0.740. The summed E-state index contributed by atoms with van der Waals surface area (Å²) >= 11 is 7.63. The molecule has 21 heteroatoms. The van der Waals surface area contributed by atoms with Crippen molar-refractivity contribution < 1.29 is 33.4 Å². The van der Waals surface area contributed by atoms with E-state index in [0.29, 0.717) is 65.5 Å². The van der Waals surface area contributed by atoms with Crippen LogP contribution in [-0.2, 0) is 38.9 Å². The zero-order valence-corrected chi connectivity index (χ0v) is 47.8. The molecule has 5 heterocycles. The number of aliphatic hydroxyl groups is 1. The second-order valence-corrected chi connectivity index (χ2v) is 23.1. The zero-order valence-electron chi connectivity index (χ0n) is 46.2. The van der Waals surface area contributed by atoms with Crippen molar-refractivity contribution in [2.24, 2.45) is 5.41 Å². The Morgan fingerprint density at radius 1 is 0.938 bits per heavy atom. The Morgan fingerprint density at radius 2 is 1.69 bits per heavy atom. The molecule has 4 amide bonds. The number of halogens is 2. The fourth-order valence-corrected chi connectivity index (χ4v) is 11.0. The number of carbonyl (C=O) groups is 4. The van der Waals surface area contributed by atoms with E-state index < -0.39 is 29.4 Å². The molecular formula is C59H74ClFN12O6S. The van der Waals surface area contributed by atoms with Gasteiger partial charge in [0.25, 0.3) is 0 Å². The van der Waals surface area contributed by atoms with Gasteiger partial charge in [0.2, 0.25) is 23.6 Å². The third kappa shape index (κ3) is 16.8. The van der Waals surface area contributed by atoms with Gasteiger partial charge in [-0.1, -0.05) is 113 Å². The summed E-state index contributed by atoms with van der Waals surface area (Å²) in [7, 11) is 0. The maximum atomic E-state index is 14.1. The van der Waals surface area contributed by atoms with E-state index in [1.807, 2.05) is 74.4 Å². The van der Waals surface area contributed by atoms with E-state index in [1.165, 1.54) is 35.9 Å². The van der Waals surface area contributed by atoms with Gasteiger partial charge in [0, 0.05) is 62.2 Å². The molecule has 2 aliphatic heterocycles. The minimum absolute atomic E-state index is 0.0213. The molecule has 3 atom stereocenters. The molecular weight excluding hydrogens is 1060 g/mol. The van der Waals surface area contributed by atoms with Crippen molar-refractivity contribution in [3.63, 3.8) is 0 Å². The third-order valence-corrected chi connectivity index (χ3v) is 15.7. The lowest BCUT2D eigenvalue weighted by Gasteiger charge is -2.35. The predicted octanol–water partition coefficient (Wildman–Crippen LogP) is 10.1. The average molecular weight is 1130 g/mol. The van der Waals surface area contributed by atoms with Crippen LogP contribution in [-0.4, -0.2) is 113 Å². The van der Waals surface area contributed by atoms with Crippen LogP contribution in [0.1, 0.15) is 121 Å². The van der Waals surface area contributed by atoms with Gasteiger partial charge in [-0.3, -0.25) is 28.8 Å². The van der Waals surface area contributed by atoms with Crippen LogP contribution in [0.25, 0.3) is 21.3 Å². The predicted molar refractivity (Wildman–Crippen MR) is 310 cm³/mol. The first-order chi connectivity index (χ1) is 38.6. The van der Waals surface area contributed by atoms with Crippen molar-refractivity contribution in [1.82, 2.24) is 50.4 Å². The number of hydrogen-bond donors (Lipinski definition) is 5. The smallest absolute Gasteiger partial charge is 0.248 e.